The van der Waals surface area contributed by atoms with Crippen molar-refractivity contribution in [3.8, 4) is 5.75 Å². The number of nitrogens with zero attached hydrogens (tertiary/aromatic N) is 1. The highest BCUT2D eigenvalue weighted by Crippen LogP contribution is 2.26. The predicted octanol–water partition coefficient (Wildman–Crippen LogP) is 1.31. The van der Waals surface area contributed by atoms with Crippen LogP contribution in [-0.2, 0) is 27.9 Å². The van der Waals surface area contributed by atoms with Crippen molar-refractivity contribution >= 4 is 16.1 Å². The number of hydrogen-bond donors (Lipinski definition) is 0. The van der Waals surface area contributed by atoms with Gasteiger partial charge >= 0.3 is 10.2 Å². The van der Waals surface area contributed by atoms with Gasteiger partial charge in [0.2, 0.25) is 5.91 Å². The van der Waals surface area contributed by atoms with E-state index in [4.69, 9.17) is 4.74 Å². The highest BCUT2D eigenvalue weighted by atomic mass is 32.3. The van der Waals surface area contributed by atoms with Gasteiger partial charge in [0.15, 0.2) is 0 Å². The number of carbonyl (C=O) groups excluding carboxylic acids is 1. The molecule has 5 nitrogen and oxygen atoms in total. The summed E-state index contributed by atoms with van der Waals surface area (Å²) in [6.45, 7) is 1.56. The first-order valence-electron chi connectivity index (χ1n) is 7.35. The van der Waals surface area contributed by atoms with Gasteiger partial charge in [0, 0.05) is 31.8 Å². The van der Waals surface area contributed by atoms with E-state index in [0.29, 0.717) is 26.1 Å². The second-order valence-corrected chi connectivity index (χ2v) is 7.32. The van der Waals surface area contributed by atoms with Gasteiger partial charge < -0.3 is 9.64 Å². The Kier molecular flexibility index (Phi) is 4.08. The number of fused-ring (bicyclic) bond motifs is 1. The first-order valence-corrected chi connectivity index (χ1v) is 8.91. The molecule has 0 radical (unpaired) electrons. The van der Waals surface area contributed by atoms with Crippen LogP contribution >= 0.6 is 0 Å². The minimum absolute atomic E-state index is 0.0989. The molecule has 0 aliphatic carbocycles. The van der Waals surface area contributed by atoms with Crippen molar-refractivity contribution in [2.75, 3.05) is 25.4 Å². The van der Waals surface area contributed by atoms with E-state index in [0.717, 1.165) is 17.7 Å². The van der Waals surface area contributed by atoms with Gasteiger partial charge in [-0.25, -0.2) is 0 Å². The van der Waals surface area contributed by atoms with Gasteiger partial charge in [-0.2, -0.15) is 8.42 Å². The Morgan fingerprint density at radius 3 is 2.95 bits per heavy atom. The van der Waals surface area contributed by atoms with Crippen molar-refractivity contribution < 1.29 is 21.8 Å². The predicted molar refractivity (Wildman–Crippen MR) is 78.9 cm³/mol. The van der Waals surface area contributed by atoms with Crippen molar-refractivity contribution in [3.63, 3.8) is 0 Å². The number of carbonyl (C=O) groups is 1. The molecule has 7 heteroatoms. The summed E-state index contributed by atoms with van der Waals surface area (Å²) in [4.78, 5) is 13.5. The molecule has 0 bridgehead atoms. The lowest BCUT2D eigenvalue weighted by Gasteiger charge is -2.16. The molecule has 2 aliphatic heterocycles. The third-order valence-corrected chi connectivity index (χ3v) is 5.02. The van der Waals surface area contributed by atoms with Gasteiger partial charge in [-0.3, -0.25) is 4.79 Å². The Morgan fingerprint density at radius 2 is 2.18 bits per heavy atom. The van der Waals surface area contributed by atoms with E-state index < -0.39 is 21.9 Å². The van der Waals surface area contributed by atoms with Crippen LogP contribution in [0, 0.1) is 5.92 Å². The highest BCUT2D eigenvalue weighted by molar-refractivity contribution is 7.86. The molecule has 0 saturated carbocycles. The third-order valence-electron chi connectivity index (χ3n) is 4.15. The standard InChI is InChI=1S/C15H18FNO4S/c16-22(19,20)10-12-8-15(18)17(9-12)5-3-11-1-2-14-13(7-11)4-6-21-14/h1-2,7,12H,3-6,8-10H2. The summed E-state index contributed by atoms with van der Waals surface area (Å²) in [6, 6.07) is 6.02. The number of amides is 1. The van der Waals surface area contributed by atoms with Crippen molar-refractivity contribution in [2.45, 2.75) is 19.3 Å². The first kappa shape index (κ1) is 15.3. The van der Waals surface area contributed by atoms with Gasteiger partial charge in [-0.1, -0.05) is 12.1 Å². The monoisotopic (exact) mass is 327 g/mol. The average Bonchev–Trinajstić information content (AvgIpc) is 3.00. The van der Waals surface area contributed by atoms with Crippen LogP contribution in [0.25, 0.3) is 0 Å². The Labute approximate surface area is 129 Å². The van der Waals surface area contributed by atoms with Crippen molar-refractivity contribution in [2.24, 2.45) is 5.92 Å². The van der Waals surface area contributed by atoms with Crippen LogP contribution in [0.5, 0.6) is 5.75 Å². The molecule has 22 heavy (non-hydrogen) atoms. The number of hydrogen-bond acceptors (Lipinski definition) is 4. The fourth-order valence-corrected chi connectivity index (χ4v) is 3.91. The fourth-order valence-electron chi connectivity index (χ4n) is 3.12. The highest BCUT2D eigenvalue weighted by Gasteiger charge is 2.32. The number of ether oxygens (including phenoxy) is 1. The molecule has 2 aliphatic rings. The number of halogens is 1. The molecule has 2 heterocycles. The van der Waals surface area contributed by atoms with E-state index in [1.807, 2.05) is 12.1 Å². The maximum absolute atomic E-state index is 12.7. The van der Waals surface area contributed by atoms with Crippen LogP contribution in [0.1, 0.15) is 17.5 Å². The van der Waals surface area contributed by atoms with Crippen LogP contribution in [0.4, 0.5) is 3.89 Å². The van der Waals surface area contributed by atoms with Crippen LogP contribution in [0.3, 0.4) is 0 Å². The zero-order valence-corrected chi connectivity index (χ0v) is 12.9. The number of likely N-dealkylation sites (tertiary alicyclic amines) is 1. The molecular weight excluding hydrogens is 309 g/mol. The van der Waals surface area contributed by atoms with Crippen molar-refractivity contribution in [1.29, 1.82) is 0 Å². The van der Waals surface area contributed by atoms with Gasteiger partial charge in [0.1, 0.15) is 5.75 Å². The van der Waals surface area contributed by atoms with Crippen molar-refractivity contribution in [3.05, 3.63) is 29.3 Å². The number of benzene rings is 1. The normalized spacial score (nSPS) is 21.0. The lowest BCUT2D eigenvalue weighted by Crippen LogP contribution is -2.28. The zero-order chi connectivity index (χ0) is 15.7. The Hall–Kier alpha value is -1.63. The Morgan fingerprint density at radius 1 is 1.36 bits per heavy atom. The van der Waals surface area contributed by atoms with E-state index in [-0.39, 0.29) is 12.3 Å². The maximum atomic E-state index is 12.7. The fraction of sp³-hybridized carbons (Fsp3) is 0.533. The van der Waals surface area contributed by atoms with E-state index in [9.17, 15) is 17.1 Å². The first-order chi connectivity index (χ1) is 10.4. The smallest absolute Gasteiger partial charge is 0.302 e. The summed E-state index contributed by atoms with van der Waals surface area (Å²) in [6.07, 6.45) is 1.72. The van der Waals surface area contributed by atoms with Gasteiger partial charge in [-0.15, -0.1) is 3.89 Å². The summed E-state index contributed by atoms with van der Waals surface area (Å²) in [5.74, 6) is -0.172. The summed E-state index contributed by atoms with van der Waals surface area (Å²) in [7, 11) is -4.52. The molecule has 1 saturated heterocycles. The minimum Gasteiger partial charge on any atom is -0.493 e. The molecule has 1 aromatic carbocycles. The molecule has 0 aromatic heterocycles. The second-order valence-electron chi connectivity index (χ2n) is 5.91. The number of rotatable bonds is 5. The molecule has 1 unspecified atom stereocenters. The Balaban J connectivity index is 1.56. The van der Waals surface area contributed by atoms with Gasteiger partial charge in [-0.05, 0) is 23.6 Å². The molecule has 0 spiro atoms. The molecular formula is C15H18FNO4S. The molecule has 120 valence electrons. The van der Waals surface area contributed by atoms with E-state index in [1.54, 1.807) is 4.90 Å². The Bertz CT molecular complexity index is 689. The molecule has 1 aromatic rings. The van der Waals surface area contributed by atoms with Gasteiger partial charge in [0.05, 0.1) is 12.4 Å². The SMILES string of the molecule is O=C1CC(CS(=O)(=O)F)CN1CCc1ccc2c(c1)CCO2. The van der Waals surface area contributed by atoms with Crippen LogP contribution in [0.2, 0.25) is 0 Å². The summed E-state index contributed by atoms with van der Waals surface area (Å²) >= 11 is 0. The van der Waals surface area contributed by atoms with Crippen molar-refractivity contribution in [1.82, 2.24) is 4.90 Å². The van der Waals surface area contributed by atoms with Crippen LogP contribution < -0.4 is 4.74 Å². The van der Waals surface area contributed by atoms with E-state index in [1.165, 1.54) is 5.56 Å². The minimum atomic E-state index is -4.52. The largest absolute Gasteiger partial charge is 0.493 e. The second kappa shape index (κ2) is 5.87. The quantitative estimate of drug-likeness (QED) is 0.765. The van der Waals surface area contributed by atoms with E-state index >= 15 is 0 Å². The van der Waals surface area contributed by atoms with Crippen LogP contribution in [-0.4, -0.2) is 44.7 Å². The summed E-state index contributed by atoms with van der Waals surface area (Å²) in [5.41, 5.74) is 2.31. The third kappa shape index (κ3) is 3.58. The maximum Gasteiger partial charge on any atom is 0.302 e. The van der Waals surface area contributed by atoms with Gasteiger partial charge in [0.25, 0.3) is 0 Å². The molecule has 3 rings (SSSR count). The average molecular weight is 327 g/mol. The zero-order valence-electron chi connectivity index (χ0n) is 12.1. The molecule has 1 amide bonds. The van der Waals surface area contributed by atoms with Crippen LogP contribution in [0.15, 0.2) is 18.2 Å². The summed E-state index contributed by atoms with van der Waals surface area (Å²) in [5, 5.41) is 0. The van der Waals surface area contributed by atoms with E-state index in [2.05, 4.69) is 6.07 Å². The molecule has 1 fully saturated rings. The lowest BCUT2D eigenvalue weighted by molar-refractivity contribution is -0.127. The topological polar surface area (TPSA) is 63.7 Å². The molecule has 1 atom stereocenters. The molecule has 0 N–H and O–H groups in total. The summed E-state index contributed by atoms with van der Waals surface area (Å²) < 4.78 is 39.5. The lowest BCUT2D eigenvalue weighted by atomic mass is 10.1.